The van der Waals surface area contributed by atoms with Crippen LogP contribution in [0.2, 0.25) is 0 Å². The van der Waals surface area contributed by atoms with Gasteiger partial charge in [-0.3, -0.25) is 9.69 Å². The number of fused-ring (bicyclic) bond motifs is 1. The van der Waals surface area contributed by atoms with Crippen LogP contribution in [0.5, 0.6) is 0 Å². The molecule has 174 valence electrons. The van der Waals surface area contributed by atoms with Crippen molar-refractivity contribution in [3.05, 3.63) is 58.1 Å². The Kier molecular flexibility index (Phi) is 7.58. The van der Waals surface area contributed by atoms with E-state index in [4.69, 9.17) is 9.57 Å². The summed E-state index contributed by atoms with van der Waals surface area (Å²) in [6.07, 6.45) is 2.47. The van der Waals surface area contributed by atoms with Gasteiger partial charge in [0.25, 0.3) is 5.91 Å². The standard InChI is InChI=1S/C24H33N3O5/c1-5-25-23(30)20(26-32-24(3)16(2)21(28)14-22(24)29)13-17-6-7-19-15-27(10-11-31-4)9-8-18(19)12-17/h6-7,12,14,28-29H,5,8-11,13,15H2,1-4H3,(H,25,30)/b26-20+. The molecule has 2 aliphatic rings. The average molecular weight is 444 g/mol. The first-order valence-electron chi connectivity index (χ1n) is 10.9. The number of allylic oxidation sites excluding steroid dienone is 1. The number of amides is 1. The number of carbonyl (C=O) groups excluding carboxylic acids is 1. The summed E-state index contributed by atoms with van der Waals surface area (Å²) in [6, 6.07) is 6.25. The zero-order valence-corrected chi connectivity index (χ0v) is 19.3. The van der Waals surface area contributed by atoms with Crippen molar-refractivity contribution < 1.29 is 24.6 Å². The van der Waals surface area contributed by atoms with E-state index < -0.39 is 5.60 Å². The van der Waals surface area contributed by atoms with E-state index in [2.05, 4.69) is 27.5 Å². The van der Waals surface area contributed by atoms with Crippen molar-refractivity contribution in [1.29, 1.82) is 0 Å². The van der Waals surface area contributed by atoms with E-state index in [1.165, 1.54) is 17.2 Å². The fourth-order valence-corrected chi connectivity index (χ4v) is 3.87. The van der Waals surface area contributed by atoms with E-state index in [0.29, 0.717) is 18.5 Å². The monoisotopic (exact) mass is 443 g/mol. The lowest BCUT2D eigenvalue weighted by Gasteiger charge is -2.28. The zero-order chi connectivity index (χ0) is 23.3. The molecule has 1 unspecified atom stereocenters. The maximum Gasteiger partial charge on any atom is 0.269 e. The Morgan fingerprint density at radius 2 is 2.09 bits per heavy atom. The van der Waals surface area contributed by atoms with Crippen LogP contribution in [0.25, 0.3) is 0 Å². The number of nitrogens with one attached hydrogen (secondary N) is 1. The smallest absolute Gasteiger partial charge is 0.269 e. The van der Waals surface area contributed by atoms with Crippen molar-refractivity contribution in [3.8, 4) is 0 Å². The van der Waals surface area contributed by atoms with Gasteiger partial charge in [-0.05, 0) is 43.9 Å². The van der Waals surface area contributed by atoms with E-state index in [0.717, 1.165) is 38.2 Å². The van der Waals surface area contributed by atoms with Gasteiger partial charge in [0.05, 0.1) is 6.61 Å². The molecule has 1 aliphatic carbocycles. The molecule has 1 heterocycles. The fourth-order valence-electron chi connectivity index (χ4n) is 3.87. The van der Waals surface area contributed by atoms with Gasteiger partial charge < -0.3 is 25.1 Å². The number of ether oxygens (including phenoxy) is 1. The second-order valence-electron chi connectivity index (χ2n) is 8.36. The average Bonchev–Trinajstić information content (AvgIpc) is 2.97. The number of nitrogens with zero attached hydrogens (tertiary/aromatic N) is 2. The Labute approximate surface area is 189 Å². The van der Waals surface area contributed by atoms with Crippen LogP contribution in [0, 0.1) is 0 Å². The Balaban J connectivity index is 1.78. The second-order valence-corrected chi connectivity index (χ2v) is 8.36. The molecule has 0 radical (unpaired) electrons. The molecule has 1 aromatic rings. The number of oxime groups is 1. The highest BCUT2D eigenvalue weighted by molar-refractivity contribution is 6.39. The van der Waals surface area contributed by atoms with Crippen molar-refractivity contribution in [3.63, 3.8) is 0 Å². The van der Waals surface area contributed by atoms with E-state index in [1.807, 2.05) is 13.0 Å². The van der Waals surface area contributed by atoms with Gasteiger partial charge in [-0.15, -0.1) is 0 Å². The van der Waals surface area contributed by atoms with E-state index in [1.54, 1.807) is 21.0 Å². The van der Waals surface area contributed by atoms with Gasteiger partial charge in [0.15, 0.2) is 0 Å². The molecule has 8 nitrogen and oxygen atoms in total. The normalized spacial score (nSPS) is 21.4. The molecule has 3 rings (SSSR count). The molecule has 1 aliphatic heterocycles. The summed E-state index contributed by atoms with van der Waals surface area (Å²) in [5.41, 5.74) is 2.86. The molecular weight excluding hydrogens is 410 g/mol. The SMILES string of the molecule is CCNC(=O)/C(Cc1ccc2c(c1)CCN(CCOC)C2)=N/OC1(C)C(O)=CC(O)=C1C. The van der Waals surface area contributed by atoms with Crippen LogP contribution in [0.3, 0.4) is 0 Å². The van der Waals surface area contributed by atoms with Gasteiger partial charge in [-0.25, -0.2) is 0 Å². The molecule has 1 amide bonds. The minimum absolute atomic E-state index is 0.0611. The van der Waals surface area contributed by atoms with Crippen LogP contribution in [0.4, 0.5) is 0 Å². The van der Waals surface area contributed by atoms with Gasteiger partial charge in [0, 0.05) is 51.4 Å². The molecular formula is C24H33N3O5. The maximum absolute atomic E-state index is 12.6. The number of carbonyl (C=O) groups is 1. The van der Waals surface area contributed by atoms with Gasteiger partial charge in [0.2, 0.25) is 5.60 Å². The third-order valence-corrected chi connectivity index (χ3v) is 6.15. The first-order valence-corrected chi connectivity index (χ1v) is 10.9. The van der Waals surface area contributed by atoms with Crippen LogP contribution in [0.15, 0.2) is 46.5 Å². The van der Waals surface area contributed by atoms with Crippen molar-refractivity contribution >= 4 is 11.6 Å². The Morgan fingerprint density at radius 1 is 1.31 bits per heavy atom. The lowest BCUT2D eigenvalue weighted by Crippen LogP contribution is -2.35. The zero-order valence-electron chi connectivity index (χ0n) is 19.3. The number of benzene rings is 1. The Bertz CT molecular complexity index is 953. The molecule has 0 aromatic heterocycles. The fraction of sp³-hybridized carbons (Fsp3) is 0.500. The molecule has 1 atom stereocenters. The molecule has 0 saturated carbocycles. The lowest BCUT2D eigenvalue weighted by molar-refractivity contribution is -0.115. The maximum atomic E-state index is 12.6. The van der Waals surface area contributed by atoms with Crippen molar-refractivity contribution in [2.24, 2.45) is 5.16 Å². The minimum atomic E-state index is -1.30. The predicted octanol–water partition coefficient (Wildman–Crippen LogP) is 2.79. The van der Waals surface area contributed by atoms with Gasteiger partial charge in [0.1, 0.15) is 17.2 Å². The quantitative estimate of drug-likeness (QED) is 0.401. The van der Waals surface area contributed by atoms with Crippen LogP contribution < -0.4 is 5.32 Å². The first kappa shape index (κ1) is 23.8. The number of methoxy groups -OCH3 is 1. The summed E-state index contributed by atoms with van der Waals surface area (Å²) in [4.78, 5) is 20.6. The summed E-state index contributed by atoms with van der Waals surface area (Å²) in [7, 11) is 1.72. The Morgan fingerprint density at radius 3 is 2.75 bits per heavy atom. The topological polar surface area (TPSA) is 104 Å². The second kappa shape index (κ2) is 10.2. The summed E-state index contributed by atoms with van der Waals surface area (Å²) in [5, 5.41) is 27.0. The molecule has 0 spiro atoms. The van der Waals surface area contributed by atoms with E-state index >= 15 is 0 Å². The van der Waals surface area contributed by atoms with Gasteiger partial charge >= 0.3 is 0 Å². The summed E-state index contributed by atoms with van der Waals surface area (Å²) in [6.45, 7) is 9.03. The highest BCUT2D eigenvalue weighted by Crippen LogP contribution is 2.36. The molecule has 0 saturated heterocycles. The summed E-state index contributed by atoms with van der Waals surface area (Å²) in [5.74, 6) is -0.542. The van der Waals surface area contributed by atoms with Gasteiger partial charge in [-0.2, -0.15) is 0 Å². The third kappa shape index (κ3) is 5.14. The first-order chi connectivity index (χ1) is 15.3. The van der Waals surface area contributed by atoms with Crippen LogP contribution >= 0.6 is 0 Å². The Hall–Kier alpha value is -2.84. The van der Waals surface area contributed by atoms with Crippen molar-refractivity contribution in [2.45, 2.75) is 45.8 Å². The van der Waals surface area contributed by atoms with E-state index in [9.17, 15) is 15.0 Å². The highest BCUT2D eigenvalue weighted by atomic mass is 16.7. The summed E-state index contributed by atoms with van der Waals surface area (Å²) >= 11 is 0. The van der Waals surface area contributed by atoms with E-state index in [-0.39, 0.29) is 23.1 Å². The third-order valence-electron chi connectivity index (χ3n) is 6.15. The minimum Gasteiger partial charge on any atom is -0.508 e. The van der Waals surface area contributed by atoms with Crippen molar-refractivity contribution in [1.82, 2.24) is 10.2 Å². The van der Waals surface area contributed by atoms with Crippen LogP contribution in [-0.2, 0) is 33.8 Å². The number of hydrogen-bond acceptors (Lipinski definition) is 7. The van der Waals surface area contributed by atoms with Crippen LogP contribution in [-0.4, -0.2) is 65.7 Å². The number of aliphatic hydroxyl groups is 2. The molecule has 0 fully saturated rings. The van der Waals surface area contributed by atoms with Crippen LogP contribution in [0.1, 0.15) is 37.5 Å². The number of aliphatic hydroxyl groups excluding tert-OH is 2. The molecule has 3 N–H and O–H groups in total. The van der Waals surface area contributed by atoms with Crippen molar-refractivity contribution in [2.75, 3.05) is 33.4 Å². The molecule has 8 heteroatoms. The molecule has 1 aromatic carbocycles. The number of rotatable bonds is 9. The summed E-state index contributed by atoms with van der Waals surface area (Å²) < 4.78 is 5.18. The highest BCUT2D eigenvalue weighted by Gasteiger charge is 2.41. The largest absolute Gasteiger partial charge is 0.508 e. The molecule has 0 bridgehead atoms. The molecule has 32 heavy (non-hydrogen) atoms. The lowest BCUT2D eigenvalue weighted by atomic mass is 9.95. The predicted molar refractivity (Wildman–Crippen MR) is 123 cm³/mol. The van der Waals surface area contributed by atoms with Gasteiger partial charge in [-0.1, -0.05) is 23.4 Å². The number of hydrogen-bond donors (Lipinski definition) is 3.